The van der Waals surface area contributed by atoms with Crippen molar-refractivity contribution >= 4 is 25.4 Å². The molecular weight excluding hydrogens is 271 g/mol. The van der Waals surface area contributed by atoms with Gasteiger partial charge in [-0.2, -0.15) is 0 Å². The van der Waals surface area contributed by atoms with E-state index in [0.29, 0.717) is 6.61 Å². The van der Waals surface area contributed by atoms with E-state index in [4.69, 9.17) is 4.74 Å². The van der Waals surface area contributed by atoms with Crippen LogP contribution < -0.4 is 4.46 Å². The summed E-state index contributed by atoms with van der Waals surface area (Å²) in [6, 6.07) is 9.80. The predicted octanol–water partition coefficient (Wildman–Crippen LogP) is 0.358. The zero-order valence-electron chi connectivity index (χ0n) is 9.00. The summed E-state index contributed by atoms with van der Waals surface area (Å²) in [5.41, 5.74) is 0. The van der Waals surface area contributed by atoms with E-state index in [-0.39, 0.29) is 31.7 Å². The second-order valence-electron chi connectivity index (χ2n) is 3.95. The first kappa shape index (κ1) is 11.6. The number of carbonyl (C=O) groups excluding carboxylic acids is 1. The van der Waals surface area contributed by atoms with Crippen molar-refractivity contribution < 1.29 is 14.6 Å². The molecule has 4 heteroatoms. The Morgan fingerprint density at radius 1 is 1.38 bits per heavy atom. The van der Waals surface area contributed by atoms with Gasteiger partial charge in [-0.05, 0) is 0 Å². The Morgan fingerprint density at radius 2 is 2.06 bits per heavy atom. The summed E-state index contributed by atoms with van der Waals surface area (Å²) in [7, 11) is 0. The van der Waals surface area contributed by atoms with Crippen LogP contribution in [-0.4, -0.2) is 38.7 Å². The molecule has 0 aromatic heterocycles. The Bertz CT molecular complexity index is 366. The van der Waals surface area contributed by atoms with Crippen molar-refractivity contribution in [2.24, 2.45) is 5.92 Å². The van der Waals surface area contributed by atoms with Crippen molar-refractivity contribution in [3.63, 3.8) is 0 Å². The monoisotopic (exact) mass is 286 g/mol. The number of rotatable bonds is 2. The third-order valence-electron chi connectivity index (χ3n) is 2.62. The molecule has 0 radical (unpaired) electrons. The molecule has 0 spiro atoms. The molecule has 0 unspecified atom stereocenters. The molecule has 1 heterocycles. The van der Waals surface area contributed by atoms with Crippen LogP contribution in [0, 0.1) is 5.92 Å². The molecule has 3 atom stereocenters. The van der Waals surface area contributed by atoms with Crippen LogP contribution in [0.5, 0.6) is 0 Å². The van der Waals surface area contributed by atoms with Crippen molar-refractivity contribution in [3.05, 3.63) is 30.3 Å². The Labute approximate surface area is 101 Å². The van der Waals surface area contributed by atoms with E-state index in [0.717, 1.165) is 4.46 Å². The average Bonchev–Trinajstić information content (AvgIpc) is 2.31. The van der Waals surface area contributed by atoms with Gasteiger partial charge in [0, 0.05) is 0 Å². The van der Waals surface area contributed by atoms with E-state index in [1.165, 1.54) is 0 Å². The van der Waals surface area contributed by atoms with Gasteiger partial charge >= 0.3 is 101 Å². The van der Waals surface area contributed by atoms with Crippen molar-refractivity contribution in [2.45, 2.75) is 17.8 Å². The minimum atomic E-state index is -0.568. The number of hydrogen-bond acceptors (Lipinski definition) is 3. The van der Waals surface area contributed by atoms with Crippen LogP contribution in [0.1, 0.15) is 6.92 Å². The SMILES string of the molecule is C[C@H]1COC(=O)[C@@H]([Se]c2ccccc2)[C@@H]1O. The van der Waals surface area contributed by atoms with E-state index in [1.54, 1.807) is 0 Å². The first-order chi connectivity index (χ1) is 7.68. The predicted molar refractivity (Wildman–Crippen MR) is 61.7 cm³/mol. The van der Waals surface area contributed by atoms with Crippen LogP contribution in [0.15, 0.2) is 30.3 Å². The van der Waals surface area contributed by atoms with E-state index < -0.39 is 6.10 Å². The van der Waals surface area contributed by atoms with Crippen LogP contribution >= 0.6 is 0 Å². The maximum atomic E-state index is 11.6. The Balaban J connectivity index is 2.10. The number of hydrogen-bond donors (Lipinski definition) is 1. The van der Waals surface area contributed by atoms with E-state index in [1.807, 2.05) is 37.3 Å². The summed E-state index contributed by atoms with van der Waals surface area (Å²) in [4.78, 5) is 11.2. The van der Waals surface area contributed by atoms with E-state index >= 15 is 0 Å². The normalized spacial score (nSPS) is 29.9. The molecular formula is C12H14O3Se. The van der Waals surface area contributed by atoms with Gasteiger partial charge in [0.2, 0.25) is 0 Å². The summed E-state index contributed by atoms with van der Waals surface area (Å²) in [6.45, 7) is 2.24. The molecule has 0 amide bonds. The number of cyclic esters (lactones) is 1. The number of carbonyl (C=O) groups is 1. The van der Waals surface area contributed by atoms with Gasteiger partial charge in [-0.15, -0.1) is 0 Å². The average molecular weight is 285 g/mol. The van der Waals surface area contributed by atoms with E-state index in [2.05, 4.69) is 0 Å². The first-order valence-corrected chi connectivity index (χ1v) is 7.09. The Hall–Kier alpha value is -0.831. The van der Waals surface area contributed by atoms with Crippen LogP contribution in [0.2, 0.25) is 4.82 Å². The van der Waals surface area contributed by atoms with Gasteiger partial charge in [0.15, 0.2) is 0 Å². The number of ether oxygens (including phenoxy) is 1. The van der Waals surface area contributed by atoms with Crippen molar-refractivity contribution in [2.75, 3.05) is 6.61 Å². The number of aliphatic hydroxyl groups excluding tert-OH is 1. The third-order valence-corrected chi connectivity index (χ3v) is 5.28. The minimum absolute atomic E-state index is 0.0355. The fourth-order valence-corrected chi connectivity index (χ4v) is 4.07. The summed E-state index contributed by atoms with van der Waals surface area (Å²) < 4.78 is 6.18. The van der Waals surface area contributed by atoms with Crippen LogP contribution in [0.4, 0.5) is 0 Å². The fraction of sp³-hybridized carbons (Fsp3) is 0.417. The molecule has 0 aliphatic carbocycles. The Kier molecular flexibility index (Phi) is 3.64. The molecule has 1 aliphatic heterocycles. The molecule has 1 aromatic rings. The summed E-state index contributed by atoms with van der Waals surface area (Å²) >= 11 is -0.0631. The van der Waals surface area contributed by atoms with E-state index in [9.17, 15) is 9.90 Å². The van der Waals surface area contributed by atoms with Gasteiger partial charge in [-0.1, -0.05) is 0 Å². The zero-order valence-corrected chi connectivity index (χ0v) is 10.7. The molecule has 1 saturated heterocycles. The molecule has 2 rings (SSSR count). The van der Waals surface area contributed by atoms with Gasteiger partial charge < -0.3 is 0 Å². The standard InChI is InChI=1S/C12H14O3Se/c1-8-7-15-12(14)11(10(8)13)16-9-5-3-2-4-6-9/h2-6,8,10-11,13H,7H2,1H3/t8-,10+,11-/m0/s1. The first-order valence-electron chi connectivity index (χ1n) is 5.25. The van der Waals surface area contributed by atoms with Gasteiger partial charge in [0.05, 0.1) is 0 Å². The van der Waals surface area contributed by atoms with Crippen LogP contribution in [-0.2, 0) is 9.53 Å². The molecule has 1 aliphatic rings. The molecule has 3 nitrogen and oxygen atoms in total. The number of esters is 1. The summed E-state index contributed by atoms with van der Waals surface area (Å²) in [6.07, 6.45) is -0.568. The zero-order chi connectivity index (χ0) is 11.5. The molecule has 86 valence electrons. The van der Waals surface area contributed by atoms with Crippen molar-refractivity contribution in [3.8, 4) is 0 Å². The van der Waals surface area contributed by atoms with Gasteiger partial charge in [-0.25, -0.2) is 0 Å². The Morgan fingerprint density at radius 3 is 2.75 bits per heavy atom. The molecule has 1 fully saturated rings. The van der Waals surface area contributed by atoms with Gasteiger partial charge in [-0.3, -0.25) is 0 Å². The van der Waals surface area contributed by atoms with Crippen molar-refractivity contribution in [1.29, 1.82) is 0 Å². The quantitative estimate of drug-likeness (QED) is 0.630. The van der Waals surface area contributed by atoms with Crippen molar-refractivity contribution in [1.82, 2.24) is 0 Å². The molecule has 1 N–H and O–H groups in total. The topological polar surface area (TPSA) is 46.5 Å². The molecule has 0 bridgehead atoms. The van der Waals surface area contributed by atoms with Crippen LogP contribution in [0.25, 0.3) is 0 Å². The fourth-order valence-electron chi connectivity index (χ4n) is 1.60. The van der Waals surface area contributed by atoms with Crippen LogP contribution in [0.3, 0.4) is 0 Å². The molecule has 1 aromatic carbocycles. The second-order valence-corrected chi connectivity index (χ2v) is 6.50. The number of aliphatic hydroxyl groups is 1. The maximum absolute atomic E-state index is 11.6. The second kappa shape index (κ2) is 5.00. The van der Waals surface area contributed by atoms with Gasteiger partial charge in [0.25, 0.3) is 0 Å². The molecule has 16 heavy (non-hydrogen) atoms. The third kappa shape index (κ3) is 2.46. The number of benzene rings is 1. The molecule has 0 saturated carbocycles. The van der Waals surface area contributed by atoms with Gasteiger partial charge in [0.1, 0.15) is 0 Å². The summed E-state index contributed by atoms with van der Waals surface area (Å²) in [5, 5.41) is 9.98. The summed E-state index contributed by atoms with van der Waals surface area (Å²) in [5.74, 6) is -0.220.